The van der Waals surface area contributed by atoms with Crippen LogP contribution in [0.3, 0.4) is 0 Å². The van der Waals surface area contributed by atoms with Gasteiger partial charge in [0.25, 0.3) is 0 Å². The molecule has 1 fully saturated rings. The summed E-state index contributed by atoms with van der Waals surface area (Å²) in [5.41, 5.74) is 12.2. The van der Waals surface area contributed by atoms with Crippen LogP contribution < -0.4 is 16.4 Å². The SMILES string of the molecule is CCn1cc(-c2cc(N3CCCC3)nc(N)n2)cn1.CN. The maximum absolute atomic E-state index is 5.83. The smallest absolute Gasteiger partial charge is 0.222 e. The van der Waals surface area contributed by atoms with Gasteiger partial charge in [0.2, 0.25) is 5.95 Å². The fraction of sp³-hybridized carbons (Fsp3) is 0.500. The first-order chi connectivity index (χ1) is 10.3. The fourth-order valence-corrected chi connectivity index (χ4v) is 2.38. The van der Waals surface area contributed by atoms with Gasteiger partial charge in [-0.3, -0.25) is 4.68 Å². The molecule has 7 nitrogen and oxygen atoms in total. The van der Waals surface area contributed by atoms with E-state index in [0.29, 0.717) is 5.95 Å². The molecule has 1 aliphatic rings. The van der Waals surface area contributed by atoms with Gasteiger partial charge in [0.05, 0.1) is 11.9 Å². The molecule has 2 aromatic heterocycles. The molecular formula is C14H23N7. The van der Waals surface area contributed by atoms with Crippen molar-refractivity contribution >= 4 is 11.8 Å². The van der Waals surface area contributed by atoms with Crippen LogP contribution in [0.1, 0.15) is 19.8 Å². The van der Waals surface area contributed by atoms with E-state index in [2.05, 4.69) is 32.6 Å². The van der Waals surface area contributed by atoms with Crippen LogP contribution in [0.4, 0.5) is 11.8 Å². The predicted molar refractivity (Wildman–Crippen MR) is 84.9 cm³/mol. The zero-order valence-corrected chi connectivity index (χ0v) is 12.7. The average Bonchev–Trinajstić information content (AvgIpc) is 3.20. The van der Waals surface area contributed by atoms with Crippen LogP contribution in [-0.2, 0) is 6.54 Å². The number of anilines is 2. The number of aromatic nitrogens is 4. The van der Waals surface area contributed by atoms with Gasteiger partial charge in [0.15, 0.2) is 0 Å². The molecule has 0 bridgehead atoms. The van der Waals surface area contributed by atoms with Gasteiger partial charge in [-0.2, -0.15) is 10.1 Å². The van der Waals surface area contributed by atoms with E-state index >= 15 is 0 Å². The zero-order valence-electron chi connectivity index (χ0n) is 12.7. The first-order valence-electron chi connectivity index (χ1n) is 7.26. The van der Waals surface area contributed by atoms with Crippen molar-refractivity contribution in [2.45, 2.75) is 26.3 Å². The van der Waals surface area contributed by atoms with Crippen LogP contribution in [0.25, 0.3) is 11.3 Å². The molecule has 4 N–H and O–H groups in total. The molecule has 0 atom stereocenters. The monoisotopic (exact) mass is 289 g/mol. The molecule has 7 heteroatoms. The maximum atomic E-state index is 5.83. The van der Waals surface area contributed by atoms with Gasteiger partial charge in [-0.25, -0.2) is 4.98 Å². The number of hydrogen-bond acceptors (Lipinski definition) is 6. The van der Waals surface area contributed by atoms with Crippen molar-refractivity contribution in [2.75, 3.05) is 30.8 Å². The standard InChI is InChI=1S/C13H18N6.CH5N/c1-2-19-9-10(8-15-19)11-7-12(17-13(14)16-11)18-5-3-4-6-18;1-2/h7-9H,2-6H2,1H3,(H2,14,16,17);2H2,1H3. The molecule has 0 saturated carbocycles. The number of hydrogen-bond donors (Lipinski definition) is 2. The number of aryl methyl sites for hydroxylation is 1. The average molecular weight is 289 g/mol. The van der Waals surface area contributed by atoms with Gasteiger partial charge in [-0.15, -0.1) is 0 Å². The molecule has 114 valence electrons. The summed E-state index contributed by atoms with van der Waals surface area (Å²) in [6, 6.07) is 2.00. The van der Waals surface area contributed by atoms with Crippen molar-refractivity contribution in [3.8, 4) is 11.3 Å². The van der Waals surface area contributed by atoms with Gasteiger partial charge >= 0.3 is 0 Å². The minimum Gasteiger partial charge on any atom is -0.368 e. The Bertz CT molecular complexity index is 572. The molecule has 1 saturated heterocycles. The second kappa shape index (κ2) is 7.03. The van der Waals surface area contributed by atoms with E-state index < -0.39 is 0 Å². The lowest BCUT2D eigenvalue weighted by Crippen LogP contribution is -2.19. The lowest BCUT2D eigenvalue weighted by molar-refractivity contribution is 0.660. The molecule has 2 aromatic rings. The minimum atomic E-state index is 0.323. The number of rotatable bonds is 3. The summed E-state index contributed by atoms with van der Waals surface area (Å²) in [5.74, 6) is 1.24. The fourth-order valence-electron chi connectivity index (χ4n) is 2.38. The molecule has 1 aliphatic heterocycles. The second-order valence-corrected chi connectivity index (χ2v) is 4.75. The lowest BCUT2D eigenvalue weighted by atomic mass is 10.2. The van der Waals surface area contributed by atoms with E-state index in [9.17, 15) is 0 Å². The Balaban J connectivity index is 0.000000774. The molecule has 3 rings (SSSR count). The van der Waals surface area contributed by atoms with Crippen molar-refractivity contribution < 1.29 is 0 Å². The molecule has 3 heterocycles. The third-order valence-corrected chi connectivity index (χ3v) is 3.41. The van der Waals surface area contributed by atoms with E-state index in [1.165, 1.54) is 19.9 Å². The van der Waals surface area contributed by atoms with Crippen molar-refractivity contribution in [1.29, 1.82) is 0 Å². The largest absolute Gasteiger partial charge is 0.368 e. The van der Waals surface area contributed by atoms with Gasteiger partial charge in [-0.1, -0.05) is 0 Å². The number of nitrogens with zero attached hydrogens (tertiary/aromatic N) is 5. The highest BCUT2D eigenvalue weighted by atomic mass is 15.3. The van der Waals surface area contributed by atoms with E-state index in [1.807, 2.05) is 23.1 Å². The van der Waals surface area contributed by atoms with Crippen LogP contribution in [0.2, 0.25) is 0 Å². The summed E-state index contributed by atoms with van der Waals surface area (Å²) in [4.78, 5) is 10.9. The Kier molecular flexibility index (Phi) is 5.10. The van der Waals surface area contributed by atoms with E-state index in [4.69, 9.17) is 5.73 Å². The molecule has 0 spiro atoms. The molecular weight excluding hydrogens is 266 g/mol. The normalized spacial score (nSPS) is 14.0. The van der Waals surface area contributed by atoms with Crippen LogP contribution in [0.5, 0.6) is 0 Å². The third kappa shape index (κ3) is 3.49. The summed E-state index contributed by atoms with van der Waals surface area (Å²) in [7, 11) is 1.50. The first kappa shape index (κ1) is 15.2. The highest BCUT2D eigenvalue weighted by Gasteiger charge is 2.16. The zero-order chi connectivity index (χ0) is 15.2. The van der Waals surface area contributed by atoms with Gasteiger partial charge in [0.1, 0.15) is 5.82 Å². The maximum Gasteiger partial charge on any atom is 0.222 e. The predicted octanol–water partition coefficient (Wildman–Crippen LogP) is 1.12. The summed E-state index contributed by atoms with van der Waals surface area (Å²) in [6.07, 6.45) is 6.23. The minimum absolute atomic E-state index is 0.323. The molecule has 0 amide bonds. The topological polar surface area (TPSA) is 98.9 Å². The van der Waals surface area contributed by atoms with Crippen LogP contribution in [0, 0.1) is 0 Å². The molecule has 0 aliphatic carbocycles. The Labute approximate surface area is 125 Å². The molecule has 0 radical (unpaired) electrons. The summed E-state index contributed by atoms with van der Waals surface area (Å²) in [5, 5.41) is 4.27. The van der Waals surface area contributed by atoms with Crippen molar-refractivity contribution in [2.24, 2.45) is 5.73 Å². The Morgan fingerprint density at radius 2 is 1.90 bits per heavy atom. The first-order valence-corrected chi connectivity index (χ1v) is 7.26. The Morgan fingerprint density at radius 1 is 1.19 bits per heavy atom. The Hall–Kier alpha value is -2.15. The summed E-state index contributed by atoms with van der Waals surface area (Å²) < 4.78 is 1.88. The lowest BCUT2D eigenvalue weighted by Gasteiger charge is -2.16. The van der Waals surface area contributed by atoms with Gasteiger partial charge in [0, 0.05) is 37.5 Å². The number of nitrogen functional groups attached to an aromatic ring is 1. The van der Waals surface area contributed by atoms with Crippen molar-refractivity contribution in [3.63, 3.8) is 0 Å². The van der Waals surface area contributed by atoms with Crippen LogP contribution in [-0.4, -0.2) is 39.9 Å². The second-order valence-electron chi connectivity index (χ2n) is 4.75. The third-order valence-electron chi connectivity index (χ3n) is 3.41. The van der Waals surface area contributed by atoms with Gasteiger partial charge < -0.3 is 16.4 Å². The van der Waals surface area contributed by atoms with Crippen LogP contribution in [0.15, 0.2) is 18.5 Å². The highest BCUT2D eigenvalue weighted by Crippen LogP contribution is 2.24. The van der Waals surface area contributed by atoms with Crippen LogP contribution >= 0.6 is 0 Å². The van der Waals surface area contributed by atoms with Crippen molar-refractivity contribution in [1.82, 2.24) is 19.7 Å². The molecule has 0 unspecified atom stereocenters. The number of nitrogens with two attached hydrogens (primary N) is 2. The summed E-state index contributed by atoms with van der Waals surface area (Å²) in [6.45, 7) is 4.99. The van der Waals surface area contributed by atoms with E-state index in [0.717, 1.165) is 36.7 Å². The van der Waals surface area contributed by atoms with E-state index in [1.54, 1.807) is 0 Å². The van der Waals surface area contributed by atoms with E-state index in [-0.39, 0.29) is 0 Å². The molecule has 21 heavy (non-hydrogen) atoms. The molecule has 0 aromatic carbocycles. The van der Waals surface area contributed by atoms with Gasteiger partial charge in [-0.05, 0) is 26.8 Å². The Morgan fingerprint density at radius 3 is 2.52 bits per heavy atom. The van der Waals surface area contributed by atoms with Crippen molar-refractivity contribution in [3.05, 3.63) is 18.5 Å². The quantitative estimate of drug-likeness (QED) is 0.878. The summed E-state index contributed by atoms with van der Waals surface area (Å²) >= 11 is 0. The highest BCUT2D eigenvalue weighted by molar-refractivity contribution is 5.63.